The molecule has 1 nitrogen and oxygen atoms in total. The van der Waals surface area contributed by atoms with Crippen molar-refractivity contribution in [2.24, 2.45) is 0 Å². The molecule has 0 N–H and O–H groups in total. The number of benzene rings is 2. The number of hydrogen-bond acceptors (Lipinski definition) is 1. The highest BCUT2D eigenvalue weighted by atomic mass is 28.4. The van der Waals surface area contributed by atoms with Crippen LogP contribution < -0.4 is 5.19 Å². The molecule has 20 heavy (non-hydrogen) atoms. The van der Waals surface area contributed by atoms with E-state index in [0.717, 1.165) is 5.19 Å². The van der Waals surface area contributed by atoms with E-state index in [9.17, 15) is 13.2 Å². The summed E-state index contributed by atoms with van der Waals surface area (Å²) in [6.07, 6.45) is 0. The van der Waals surface area contributed by atoms with Crippen molar-refractivity contribution in [3.63, 3.8) is 0 Å². The highest BCUT2D eigenvalue weighted by Gasteiger charge is 2.23. The van der Waals surface area contributed by atoms with Crippen LogP contribution in [0.3, 0.4) is 0 Å². The standard InChI is InChI=1S/C15H15F3OSi/c1-19-20(2,3)12-6-4-10(5-7-12)15-13(17)8-11(16)9-14(15)18/h4-9H,1-3H3. The monoisotopic (exact) mass is 296 g/mol. The summed E-state index contributed by atoms with van der Waals surface area (Å²) in [6, 6.07) is 8.21. The lowest BCUT2D eigenvalue weighted by atomic mass is 10.0. The third-order valence-corrected chi connectivity index (χ3v) is 6.13. The maximum Gasteiger partial charge on any atom is 0.217 e. The Kier molecular flexibility index (Phi) is 4.01. The van der Waals surface area contributed by atoms with Crippen molar-refractivity contribution < 1.29 is 17.6 Å². The maximum atomic E-state index is 13.7. The average molecular weight is 296 g/mol. The topological polar surface area (TPSA) is 9.23 Å². The molecule has 5 heteroatoms. The van der Waals surface area contributed by atoms with E-state index in [-0.39, 0.29) is 5.56 Å². The van der Waals surface area contributed by atoms with Gasteiger partial charge in [0.2, 0.25) is 8.32 Å². The number of hydrogen-bond donors (Lipinski definition) is 0. The minimum absolute atomic E-state index is 0.213. The first-order chi connectivity index (χ1) is 9.35. The van der Waals surface area contributed by atoms with Crippen LogP contribution in [0.25, 0.3) is 11.1 Å². The molecular formula is C15H15F3OSi. The number of rotatable bonds is 3. The fourth-order valence-electron chi connectivity index (χ4n) is 1.97. The quantitative estimate of drug-likeness (QED) is 0.782. The Hall–Kier alpha value is -1.59. The van der Waals surface area contributed by atoms with Gasteiger partial charge in [-0.3, -0.25) is 0 Å². The zero-order valence-electron chi connectivity index (χ0n) is 11.5. The largest absolute Gasteiger partial charge is 0.416 e. The fraction of sp³-hybridized carbons (Fsp3) is 0.200. The summed E-state index contributed by atoms with van der Waals surface area (Å²) in [7, 11) is -0.309. The first-order valence-corrected chi connectivity index (χ1v) is 9.06. The van der Waals surface area contributed by atoms with Crippen molar-refractivity contribution in [2.75, 3.05) is 7.11 Å². The Morgan fingerprint density at radius 2 is 1.40 bits per heavy atom. The van der Waals surface area contributed by atoms with Crippen molar-refractivity contribution in [2.45, 2.75) is 13.1 Å². The predicted molar refractivity (Wildman–Crippen MR) is 75.9 cm³/mol. The van der Waals surface area contributed by atoms with Crippen molar-refractivity contribution in [3.8, 4) is 11.1 Å². The first-order valence-electron chi connectivity index (χ1n) is 6.16. The van der Waals surface area contributed by atoms with Gasteiger partial charge >= 0.3 is 0 Å². The van der Waals surface area contributed by atoms with Crippen molar-refractivity contribution in [3.05, 3.63) is 53.8 Å². The van der Waals surface area contributed by atoms with E-state index in [1.807, 2.05) is 13.1 Å². The van der Waals surface area contributed by atoms with Crippen LogP contribution in [0.5, 0.6) is 0 Å². The van der Waals surface area contributed by atoms with Crippen LogP contribution in [0.15, 0.2) is 36.4 Å². The SMILES string of the molecule is CO[Si](C)(C)c1ccc(-c2c(F)cc(F)cc2F)cc1. The Morgan fingerprint density at radius 3 is 1.85 bits per heavy atom. The van der Waals surface area contributed by atoms with E-state index >= 15 is 0 Å². The molecule has 2 aromatic rings. The molecule has 0 spiro atoms. The molecule has 0 aromatic heterocycles. The van der Waals surface area contributed by atoms with Gasteiger partial charge in [0.05, 0.1) is 5.56 Å². The van der Waals surface area contributed by atoms with Gasteiger partial charge < -0.3 is 4.43 Å². The van der Waals surface area contributed by atoms with E-state index in [0.29, 0.717) is 17.7 Å². The molecule has 0 aliphatic rings. The van der Waals surface area contributed by atoms with Gasteiger partial charge in [0.15, 0.2) is 0 Å². The molecule has 106 valence electrons. The lowest BCUT2D eigenvalue weighted by Crippen LogP contribution is -2.43. The minimum atomic E-state index is -1.96. The van der Waals surface area contributed by atoms with Crippen molar-refractivity contribution >= 4 is 13.5 Å². The van der Waals surface area contributed by atoms with Gasteiger partial charge in [0, 0.05) is 19.2 Å². The van der Waals surface area contributed by atoms with Crippen LogP contribution in [0.4, 0.5) is 13.2 Å². The Balaban J connectivity index is 2.46. The van der Waals surface area contributed by atoms with Crippen LogP contribution in [0.1, 0.15) is 0 Å². The highest BCUT2D eigenvalue weighted by Crippen LogP contribution is 2.26. The molecule has 0 unspecified atom stereocenters. The second-order valence-electron chi connectivity index (χ2n) is 5.04. The van der Waals surface area contributed by atoms with E-state index in [4.69, 9.17) is 4.43 Å². The summed E-state index contributed by atoms with van der Waals surface area (Å²) in [5.41, 5.74) is 0.166. The molecule has 0 amide bonds. The fourth-order valence-corrected chi connectivity index (χ4v) is 3.18. The molecular weight excluding hydrogens is 281 g/mol. The second kappa shape index (κ2) is 5.42. The lowest BCUT2D eigenvalue weighted by Gasteiger charge is -2.20. The average Bonchev–Trinajstić information content (AvgIpc) is 2.38. The Labute approximate surface area is 117 Å². The van der Waals surface area contributed by atoms with Gasteiger partial charge in [-0.15, -0.1) is 0 Å². The summed E-state index contributed by atoms with van der Waals surface area (Å²) >= 11 is 0. The van der Waals surface area contributed by atoms with Crippen LogP contribution in [-0.4, -0.2) is 15.4 Å². The zero-order valence-corrected chi connectivity index (χ0v) is 12.5. The third kappa shape index (κ3) is 2.78. The molecule has 2 rings (SSSR count). The summed E-state index contributed by atoms with van der Waals surface area (Å²) in [6.45, 7) is 4.06. The van der Waals surface area contributed by atoms with E-state index in [1.165, 1.54) is 0 Å². The highest BCUT2D eigenvalue weighted by molar-refractivity contribution is 6.84. The van der Waals surface area contributed by atoms with Gasteiger partial charge in [-0.25, -0.2) is 13.2 Å². The Bertz CT molecular complexity index is 601. The van der Waals surface area contributed by atoms with Gasteiger partial charge in [-0.1, -0.05) is 24.3 Å². The van der Waals surface area contributed by atoms with Gasteiger partial charge in [-0.05, 0) is 23.8 Å². The van der Waals surface area contributed by atoms with E-state index in [2.05, 4.69) is 0 Å². The van der Waals surface area contributed by atoms with Gasteiger partial charge in [0.1, 0.15) is 17.5 Å². The molecule has 0 heterocycles. The van der Waals surface area contributed by atoms with Gasteiger partial charge in [-0.2, -0.15) is 0 Å². The van der Waals surface area contributed by atoms with Crippen LogP contribution >= 0.6 is 0 Å². The second-order valence-corrected chi connectivity index (χ2v) is 9.04. The van der Waals surface area contributed by atoms with Crippen LogP contribution in [0, 0.1) is 17.5 Å². The summed E-state index contributed by atoms with van der Waals surface area (Å²) in [4.78, 5) is 0. The van der Waals surface area contributed by atoms with E-state index < -0.39 is 25.8 Å². The smallest absolute Gasteiger partial charge is 0.217 e. The molecule has 0 fully saturated rings. The first kappa shape index (κ1) is 14.8. The van der Waals surface area contributed by atoms with Crippen LogP contribution in [0.2, 0.25) is 13.1 Å². The molecule has 0 aliphatic heterocycles. The third-order valence-electron chi connectivity index (χ3n) is 3.39. The lowest BCUT2D eigenvalue weighted by molar-refractivity contribution is 0.416. The van der Waals surface area contributed by atoms with E-state index in [1.54, 1.807) is 31.4 Å². The molecule has 0 saturated carbocycles. The molecule has 0 atom stereocenters. The molecule has 0 radical (unpaired) electrons. The van der Waals surface area contributed by atoms with Gasteiger partial charge in [0.25, 0.3) is 0 Å². The molecule has 0 aliphatic carbocycles. The van der Waals surface area contributed by atoms with Crippen molar-refractivity contribution in [1.29, 1.82) is 0 Å². The van der Waals surface area contributed by atoms with Crippen LogP contribution in [-0.2, 0) is 4.43 Å². The molecule has 0 saturated heterocycles. The normalized spacial score (nSPS) is 11.7. The Morgan fingerprint density at radius 1 is 0.900 bits per heavy atom. The summed E-state index contributed by atoms with van der Waals surface area (Å²) < 4.78 is 45.8. The molecule has 2 aromatic carbocycles. The molecule has 0 bridgehead atoms. The van der Waals surface area contributed by atoms with Crippen molar-refractivity contribution in [1.82, 2.24) is 0 Å². The maximum absolute atomic E-state index is 13.7. The summed E-state index contributed by atoms with van der Waals surface area (Å²) in [5, 5.41) is 1.02. The number of halogens is 3. The summed E-state index contributed by atoms with van der Waals surface area (Å²) in [5.74, 6) is -2.73. The zero-order chi connectivity index (χ0) is 14.9. The minimum Gasteiger partial charge on any atom is -0.416 e. The predicted octanol–water partition coefficient (Wildman–Crippen LogP) is 3.83.